The first-order valence-electron chi connectivity index (χ1n) is 8.57. The van der Waals surface area contributed by atoms with Crippen LogP contribution in [0.1, 0.15) is 31.0 Å². The molecular formula is C18H22N2O4S2. The van der Waals surface area contributed by atoms with E-state index in [2.05, 4.69) is 17.2 Å². The van der Waals surface area contributed by atoms with Gasteiger partial charge in [0.2, 0.25) is 5.91 Å². The fourth-order valence-electron chi connectivity index (χ4n) is 2.50. The Morgan fingerprint density at radius 1 is 1.35 bits per heavy atom. The number of aromatic nitrogens is 1. The Labute approximate surface area is 159 Å². The van der Waals surface area contributed by atoms with Gasteiger partial charge in [-0.3, -0.25) is 9.00 Å². The van der Waals surface area contributed by atoms with Crippen LogP contribution in [0, 0.1) is 0 Å². The van der Waals surface area contributed by atoms with Gasteiger partial charge in [0.1, 0.15) is 18.5 Å². The molecule has 1 N–H and O–H groups in total. The summed E-state index contributed by atoms with van der Waals surface area (Å²) in [6, 6.07) is 5.23. The highest BCUT2D eigenvalue weighted by atomic mass is 32.2. The molecule has 0 saturated carbocycles. The summed E-state index contributed by atoms with van der Waals surface area (Å²) in [6.07, 6.45) is 1.96. The maximum absolute atomic E-state index is 12.5. The van der Waals surface area contributed by atoms with Gasteiger partial charge in [-0.25, -0.2) is 4.98 Å². The third-order valence-corrected chi connectivity index (χ3v) is 6.47. The Bertz CT molecular complexity index is 806. The number of nitrogens with zero attached hydrogens (tertiary/aromatic N) is 1. The lowest BCUT2D eigenvalue weighted by atomic mass is 10.2. The van der Waals surface area contributed by atoms with Crippen LogP contribution < -0.4 is 14.8 Å². The molecule has 0 bridgehead atoms. The summed E-state index contributed by atoms with van der Waals surface area (Å²) in [6.45, 7) is 4.77. The van der Waals surface area contributed by atoms with E-state index >= 15 is 0 Å². The van der Waals surface area contributed by atoms with Gasteiger partial charge >= 0.3 is 0 Å². The van der Waals surface area contributed by atoms with E-state index in [9.17, 15) is 9.00 Å². The zero-order chi connectivity index (χ0) is 18.5. The predicted molar refractivity (Wildman–Crippen MR) is 103 cm³/mol. The molecule has 1 aliphatic heterocycles. The van der Waals surface area contributed by atoms with Crippen LogP contribution in [0.2, 0.25) is 0 Å². The summed E-state index contributed by atoms with van der Waals surface area (Å²) >= 11 is 1.58. The molecule has 8 heteroatoms. The van der Waals surface area contributed by atoms with Gasteiger partial charge in [0.05, 0.1) is 16.5 Å². The first-order valence-corrected chi connectivity index (χ1v) is 10.8. The summed E-state index contributed by atoms with van der Waals surface area (Å²) in [7, 11) is -1.34. The average Bonchev–Trinajstić information content (AvgIpc) is 3.08. The minimum absolute atomic E-state index is 0.288. The number of aryl methyl sites for hydroxylation is 1. The molecule has 0 spiro atoms. The number of amides is 1. The number of ether oxygens (including phenoxy) is 2. The van der Waals surface area contributed by atoms with Gasteiger partial charge in [-0.15, -0.1) is 11.3 Å². The monoisotopic (exact) mass is 394 g/mol. The van der Waals surface area contributed by atoms with Crippen LogP contribution in [0.4, 0.5) is 5.69 Å². The van der Waals surface area contributed by atoms with Crippen LogP contribution in [0.5, 0.6) is 11.5 Å². The van der Waals surface area contributed by atoms with Crippen molar-refractivity contribution in [3.63, 3.8) is 0 Å². The number of hydrogen-bond acceptors (Lipinski definition) is 6. The SMILES string of the molecule is CCCc1nc(CS(=O)C(C)C(=O)Nc2ccc3c(c2)OCCO3)cs1. The molecule has 1 aromatic heterocycles. The number of carbonyl (C=O) groups is 1. The van der Waals surface area contributed by atoms with E-state index in [1.807, 2.05) is 5.38 Å². The molecule has 26 heavy (non-hydrogen) atoms. The molecule has 0 saturated heterocycles. The molecule has 2 heterocycles. The van der Waals surface area contributed by atoms with Crippen molar-refractivity contribution in [3.8, 4) is 11.5 Å². The second-order valence-electron chi connectivity index (χ2n) is 6.00. The van der Waals surface area contributed by atoms with Crippen molar-refractivity contribution < 1.29 is 18.5 Å². The molecular weight excluding hydrogens is 372 g/mol. The third kappa shape index (κ3) is 4.62. The number of anilines is 1. The van der Waals surface area contributed by atoms with E-state index in [4.69, 9.17) is 9.47 Å². The van der Waals surface area contributed by atoms with Crippen molar-refractivity contribution in [1.82, 2.24) is 4.98 Å². The lowest BCUT2D eigenvalue weighted by Gasteiger charge is -2.19. The molecule has 2 atom stereocenters. The minimum atomic E-state index is -1.34. The number of thiazole rings is 1. The number of benzene rings is 1. The van der Waals surface area contributed by atoms with Crippen molar-refractivity contribution >= 4 is 33.7 Å². The number of hydrogen-bond donors (Lipinski definition) is 1. The summed E-state index contributed by atoms with van der Waals surface area (Å²) in [5, 5.41) is 5.13. The number of rotatable bonds is 7. The highest BCUT2D eigenvalue weighted by Crippen LogP contribution is 2.32. The second kappa shape index (κ2) is 8.64. The van der Waals surface area contributed by atoms with Crippen molar-refractivity contribution in [1.29, 1.82) is 0 Å². The predicted octanol–water partition coefficient (Wildman–Crippen LogP) is 3.14. The minimum Gasteiger partial charge on any atom is -0.486 e. The summed E-state index contributed by atoms with van der Waals surface area (Å²) in [5.74, 6) is 1.27. The molecule has 3 rings (SSSR count). The fraction of sp³-hybridized carbons (Fsp3) is 0.444. The van der Waals surface area contributed by atoms with Crippen LogP contribution >= 0.6 is 11.3 Å². The maximum Gasteiger partial charge on any atom is 0.239 e. The van der Waals surface area contributed by atoms with Gasteiger partial charge in [0, 0.05) is 27.9 Å². The molecule has 1 aliphatic rings. The smallest absolute Gasteiger partial charge is 0.239 e. The van der Waals surface area contributed by atoms with Crippen LogP contribution in [-0.4, -0.2) is 33.6 Å². The standard InChI is InChI=1S/C18H22N2O4S2/c1-3-4-17-19-14(10-25-17)11-26(22)12(2)18(21)20-13-5-6-15-16(9-13)24-8-7-23-15/h5-6,9-10,12H,3-4,7-8,11H2,1-2H3,(H,20,21). The molecule has 2 unspecified atom stereocenters. The average molecular weight is 395 g/mol. The Hall–Kier alpha value is -1.93. The zero-order valence-corrected chi connectivity index (χ0v) is 16.5. The van der Waals surface area contributed by atoms with Crippen molar-refractivity contribution in [2.24, 2.45) is 0 Å². The number of carbonyl (C=O) groups excluding carboxylic acids is 1. The van der Waals surface area contributed by atoms with E-state index in [1.165, 1.54) is 0 Å². The highest BCUT2D eigenvalue weighted by molar-refractivity contribution is 7.85. The van der Waals surface area contributed by atoms with E-state index < -0.39 is 16.0 Å². The summed E-state index contributed by atoms with van der Waals surface area (Å²) in [4.78, 5) is 16.9. The maximum atomic E-state index is 12.5. The number of nitrogens with one attached hydrogen (secondary N) is 1. The molecule has 0 aliphatic carbocycles. The summed E-state index contributed by atoms with van der Waals surface area (Å²) in [5.41, 5.74) is 1.39. The van der Waals surface area contributed by atoms with Crippen molar-refractivity contribution in [2.75, 3.05) is 18.5 Å². The van der Waals surface area contributed by atoms with E-state index in [0.29, 0.717) is 30.4 Å². The summed E-state index contributed by atoms with van der Waals surface area (Å²) < 4.78 is 23.5. The second-order valence-corrected chi connectivity index (χ2v) is 8.70. The van der Waals surface area contributed by atoms with E-state index in [0.717, 1.165) is 23.5 Å². The lowest BCUT2D eigenvalue weighted by molar-refractivity contribution is -0.115. The Balaban J connectivity index is 1.58. The van der Waals surface area contributed by atoms with Crippen LogP contribution in [-0.2, 0) is 27.8 Å². The van der Waals surface area contributed by atoms with Gasteiger partial charge in [0.15, 0.2) is 11.5 Å². The molecule has 0 radical (unpaired) electrons. The van der Waals surface area contributed by atoms with E-state index in [-0.39, 0.29) is 11.7 Å². The Kier molecular flexibility index (Phi) is 6.26. The van der Waals surface area contributed by atoms with Gasteiger partial charge in [-0.2, -0.15) is 0 Å². The van der Waals surface area contributed by atoms with Crippen LogP contribution in [0.25, 0.3) is 0 Å². The largest absolute Gasteiger partial charge is 0.486 e. The third-order valence-electron chi connectivity index (χ3n) is 3.93. The molecule has 2 aromatic rings. The molecule has 140 valence electrons. The first kappa shape index (κ1) is 18.8. The first-order chi connectivity index (χ1) is 12.6. The van der Waals surface area contributed by atoms with E-state index in [1.54, 1.807) is 36.5 Å². The Morgan fingerprint density at radius 2 is 2.12 bits per heavy atom. The topological polar surface area (TPSA) is 77.5 Å². The van der Waals surface area contributed by atoms with Gasteiger partial charge < -0.3 is 14.8 Å². The normalized spacial score (nSPS) is 15.3. The molecule has 1 amide bonds. The lowest BCUT2D eigenvalue weighted by Crippen LogP contribution is -2.29. The number of fused-ring (bicyclic) bond motifs is 1. The Morgan fingerprint density at radius 3 is 2.88 bits per heavy atom. The molecule has 0 fully saturated rings. The van der Waals surface area contributed by atoms with Gasteiger partial charge in [-0.05, 0) is 31.9 Å². The van der Waals surface area contributed by atoms with Crippen LogP contribution in [0.15, 0.2) is 23.6 Å². The fourth-order valence-corrected chi connectivity index (χ4v) is 4.49. The highest BCUT2D eigenvalue weighted by Gasteiger charge is 2.22. The van der Waals surface area contributed by atoms with Crippen LogP contribution in [0.3, 0.4) is 0 Å². The quantitative estimate of drug-likeness (QED) is 0.781. The van der Waals surface area contributed by atoms with Gasteiger partial charge in [-0.1, -0.05) is 6.92 Å². The van der Waals surface area contributed by atoms with Crippen molar-refractivity contribution in [3.05, 3.63) is 34.3 Å². The molecule has 6 nitrogen and oxygen atoms in total. The van der Waals surface area contributed by atoms with Gasteiger partial charge in [0.25, 0.3) is 0 Å². The van der Waals surface area contributed by atoms with Crippen molar-refractivity contribution in [2.45, 2.75) is 37.7 Å². The molecule has 1 aromatic carbocycles. The zero-order valence-electron chi connectivity index (χ0n) is 14.8.